The van der Waals surface area contributed by atoms with Gasteiger partial charge in [-0.15, -0.1) is 0 Å². The monoisotopic (exact) mass is 452 g/mol. The Kier molecular flexibility index (Phi) is 5.25. The second-order valence-electron chi connectivity index (χ2n) is 5.92. The number of amides is 2. The minimum absolute atomic E-state index is 0.137. The van der Waals surface area contributed by atoms with Gasteiger partial charge in [0.15, 0.2) is 0 Å². The molecule has 9 heteroatoms. The van der Waals surface area contributed by atoms with Gasteiger partial charge in [0.2, 0.25) is 0 Å². The van der Waals surface area contributed by atoms with Crippen molar-refractivity contribution in [1.29, 1.82) is 0 Å². The van der Waals surface area contributed by atoms with Crippen molar-refractivity contribution in [3.8, 4) is 5.69 Å². The lowest BCUT2D eigenvalue weighted by atomic mass is 10.2. The van der Waals surface area contributed by atoms with E-state index in [1.807, 2.05) is 6.92 Å². The van der Waals surface area contributed by atoms with Crippen LogP contribution in [0.5, 0.6) is 0 Å². The molecule has 3 rings (SSSR count). The number of aromatic nitrogens is 1. The molecule has 1 aromatic heterocycles. The Morgan fingerprint density at radius 3 is 2.63 bits per heavy atom. The molecule has 1 aliphatic rings. The Labute approximate surface area is 166 Å². The second-order valence-corrected chi connectivity index (χ2v) is 7.83. The molecule has 140 valence electrons. The Morgan fingerprint density at radius 1 is 1.30 bits per heavy atom. The fraction of sp³-hybridized carbons (Fsp3) is 0.167. The zero-order valence-electron chi connectivity index (χ0n) is 14.3. The maximum Gasteiger partial charge on any atom is 0.323 e. The van der Waals surface area contributed by atoms with Gasteiger partial charge in [0.25, 0.3) is 11.1 Å². The van der Waals surface area contributed by atoms with Crippen molar-refractivity contribution in [2.75, 3.05) is 6.54 Å². The number of halogens is 2. The summed E-state index contributed by atoms with van der Waals surface area (Å²) in [5, 5.41) is 8.20. The SMILES string of the molecule is Cc1cc(/C=C2/SC(=O)N(CC(=O)O)C2=O)c(C)n1-c1ccc(Br)cc1F. The molecule has 2 amide bonds. The van der Waals surface area contributed by atoms with Crippen molar-refractivity contribution in [3.63, 3.8) is 0 Å². The van der Waals surface area contributed by atoms with Crippen molar-refractivity contribution in [2.45, 2.75) is 13.8 Å². The van der Waals surface area contributed by atoms with Crippen LogP contribution in [0.15, 0.2) is 33.6 Å². The average Bonchev–Trinajstić information content (AvgIpc) is 2.99. The molecular weight excluding hydrogens is 439 g/mol. The van der Waals surface area contributed by atoms with Gasteiger partial charge >= 0.3 is 5.97 Å². The highest BCUT2D eigenvalue weighted by Gasteiger charge is 2.36. The van der Waals surface area contributed by atoms with Crippen LogP contribution in [0.2, 0.25) is 0 Å². The summed E-state index contributed by atoms with van der Waals surface area (Å²) in [4.78, 5) is 35.8. The highest BCUT2D eigenvalue weighted by molar-refractivity contribution is 9.10. The first-order chi connectivity index (χ1) is 12.7. The number of carbonyl (C=O) groups excluding carboxylic acids is 2. The molecular formula is C18H14BrFN2O4S. The zero-order valence-corrected chi connectivity index (χ0v) is 16.7. The maximum atomic E-state index is 14.4. The summed E-state index contributed by atoms with van der Waals surface area (Å²) < 4.78 is 16.7. The summed E-state index contributed by atoms with van der Waals surface area (Å²) in [5.74, 6) is -2.31. The van der Waals surface area contributed by atoms with E-state index in [2.05, 4.69) is 15.9 Å². The van der Waals surface area contributed by atoms with Gasteiger partial charge in [0, 0.05) is 15.9 Å². The molecule has 2 heterocycles. The number of thioether (sulfide) groups is 1. The van der Waals surface area contributed by atoms with Crippen LogP contribution in [-0.2, 0) is 9.59 Å². The average molecular weight is 453 g/mol. The molecule has 1 fully saturated rings. The largest absolute Gasteiger partial charge is 0.480 e. The van der Waals surface area contributed by atoms with E-state index in [-0.39, 0.29) is 4.91 Å². The van der Waals surface area contributed by atoms with Crippen LogP contribution in [-0.4, -0.2) is 38.2 Å². The number of aliphatic carboxylic acids is 1. The predicted molar refractivity (Wildman–Crippen MR) is 103 cm³/mol. The first-order valence-corrected chi connectivity index (χ1v) is 9.41. The number of hydrogen-bond acceptors (Lipinski definition) is 4. The summed E-state index contributed by atoms with van der Waals surface area (Å²) >= 11 is 3.92. The first kappa shape index (κ1) is 19.4. The van der Waals surface area contributed by atoms with Crippen LogP contribution in [0.25, 0.3) is 11.8 Å². The van der Waals surface area contributed by atoms with Crippen molar-refractivity contribution in [3.05, 3.63) is 56.4 Å². The Bertz CT molecular complexity index is 1020. The molecule has 0 saturated carbocycles. The Hall–Kier alpha value is -2.39. The van der Waals surface area contributed by atoms with Crippen molar-refractivity contribution in [1.82, 2.24) is 9.47 Å². The van der Waals surface area contributed by atoms with Crippen LogP contribution in [0, 0.1) is 19.7 Å². The fourth-order valence-corrected chi connectivity index (χ4v) is 4.04. The van der Waals surface area contributed by atoms with E-state index in [4.69, 9.17) is 5.11 Å². The van der Waals surface area contributed by atoms with E-state index >= 15 is 0 Å². The van der Waals surface area contributed by atoms with Crippen molar-refractivity contribution < 1.29 is 23.9 Å². The minimum atomic E-state index is -1.26. The molecule has 1 aliphatic heterocycles. The summed E-state index contributed by atoms with van der Waals surface area (Å²) in [6.07, 6.45) is 1.53. The maximum absolute atomic E-state index is 14.4. The molecule has 27 heavy (non-hydrogen) atoms. The number of carboxylic acid groups (broad SMARTS) is 1. The molecule has 0 bridgehead atoms. The lowest BCUT2D eigenvalue weighted by Gasteiger charge is -2.11. The molecule has 1 N–H and O–H groups in total. The Morgan fingerprint density at radius 2 is 2.00 bits per heavy atom. The second kappa shape index (κ2) is 7.32. The van der Waals surface area contributed by atoms with Crippen LogP contribution in [0.1, 0.15) is 17.0 Å². The van der Waals surface area contributed by atoms with Gasteiger partial charge in [-0.2, -0.15) is 0 Å². The standard InChI is InChI=1S/C18H14BrFN2O4S/c1-9-5-11(6-15-17(25)21(8-16(23)24)18(26)27-15)10(2)22(9)14-4-3-12(19)7-13(14)20/h3-7H,8H2,1-2H3,(H,23,24)/b15-6+. The van der Waals surface area contributed by atoms with Crippen molar-refractivity contribution in [2.24, 2.45) is 0 Å². The molecule has 0 spiro atoms. The smallest absolute Gasteiger partial charge is 0.323 e. The number of carbonyl (C=O) groups is 3. The number of carboxylic acids is 1. The molecule has 2 aromatic rings. The van der Waals surface area contributed by atoms with Crippen LogP contribution >= 0.6 is 27.7 Å². The van der Waals surface area contributed by atoms with Gasteiger partial charge in [-0.05, 0) is 61.5 Å². The third-order valence-corrected chi connectivity index (χ3v) is 5.48. The molecule has 0 unspecified atom stereocenters. The first-order valence-electron chi connectivity index (χ1n) is 7.80. The summed E-state index contributed by atoms with van der Waals surface area (Å²) in [5.41, 5.74) is 2.46. The van der Waals surface area contributed by atoms with Gasteiger partial charge in [0.1, 0.15) is 12.4 Å². The quantitative estimate of drug-likeness (QED) is 0.705. The topological polar surface area (TPSA) is 79.6 Å². The lowest BCUT2D eigenvalue weighted by Crippen LogP contribution is -2.33. The highest BCUT2D eigenvalue weighted by atomic mass is 79.9. The number of nitrogens with zero attached hydrogens (tertiary/aromatic N) is 2. The summed E-state index contributed by atoms with van der Waals surface area (Å²) in [7, 11) is 0. The van der Waals surface area contributed by atoms with Crippen LogP contribution in [0.4, 0.5) is 9.18 Å². The summed E-state index contributed by atoms with van der Waals surface area (Å²) in [6, 6.07) is 6.52. The van der Waals surface area contributed by atoms with Crippen LogP contribution < -0.4 is 0 Å². The number of benzene rings is 1. The predicted octanol–water partition coefficient (Wildman–Crippen LogP) is 4.12. The molecule has 6 nitrogen and oxygen atoms in total. The van der Waals surface area contributed by atoms with Gasteiger partial charge < -0.3 is 9.67 Å². The van der Waals surface area contributed by atoms with E-state index in [1.165, 1.54) is 12.1 Å². The van der Waals surface area contributed by atoms with Gasteiger partial charge in [-0.25, -0.2) is 4.39 Å². The summed E-state index contributed by atoms with van der Waals surface area (Å²) in [6.45, 7) is 2.91. The van der Waals surface area contributed by atoms with E-state index in [0.717, 1.165) is 5.69 Å². The van der Waals surface area contributed by atoms with Gasteiger partial charge in [-0.1, -0.05) is 15.9 Å². The lowest BCUT2D eigenvalue weighted by molar-refractivity contribution is -0.140. The molecule has 0 atom stereocenters. The van der Waals surface area contributed by atoms with Crippen LogP contribution in [0.3, 0.4) is 0 Å². The molecule has 0 radical (unpaired) electrons. The van der Waals surface area contributed by atoms with E-state index < -0.39 is 29.5 Å². The molecule has 0 aliphatic carbocycles. The highest BCUT2D eigenvalue weighted by Crippen LogP contribution is 2.34. The fourth-order valence-electron chi connectivity index (χ4n) is 2.88. The van der Waals surface area contributed by atoms with Crippen molar-refractivity contribution >= 4 is 50.9 Å². The number of imide groups is 1. The number of aryl methyl sites for hydroxylation is 1. The third-order valence-electron chi connectivity index (χ3n) is 4.07. The normalized spacial score (nSPS) is 15.9. The van der Waals surface area contributed by atoms with Gasteiger partial charge in [0.05, 0.1) is 10.6 Å². The van der Waals surface area contributed by atoms with E-state index in [9.17, 15) is 18.8 Å². The minimum Gasteiger partial charge on any atom is -0.480 e. The van der Waals surface area contributed by atoms with E-state index in [0.29, 0.717) is 38.1 Å². The Balaban J connectivity index is 2.00. The molecule has 1 aromatic carbocycles. The van der Waals surface area contributed by atoms with E-state index in [1.54, 1.807) is 29.7 Å². The third kappa shape index (κ3) is 3.70. The molecule has 1 saturated heterocycles. The number of rotatable bonds is 4. The number of hydrogen-bond donors (Lipinski definition) is 1. The zero-order chi connectivity index (χ0) is 19.9. The van der Waals surface area contributed by atoms with Gasteiger partial charge in [-0.3, -0.25) is 19.3 Å².